The van der Waals surface area contributed by atoms with Crippen LogP contribution in [0.3, 0.4) is 0 Å². The molecular formula is C15H13N3O. The molecule has 2 aromatic heterocycles. The minimum atomic E-state index is -0.0602. The first-order valence-electron chi connectivity index (χ1n) is 6.06. The molecule has 0 aliphatic carbocycles. The summed E-state index contributed by atoms with van der Waals surface area (Å²) in [6.07, 6.45) is 0. The molecule has 4 nitrogen and oxygen atoms in total. The van der Waals surface area contributed by atoms with Crippen molar-refractivity contribution >= 4 is 22.4 Å². The molecule has 0 spiro atoms. The van der Waals surface area contributed by atoms with Gasteiger partial charge in [0.05, 0.1) is 17.6 Å². The highest BCUT2D eigenvalue weighted by molar-refractivity contribution is 5.87. The summed E-state index contributed by atoms with van der Waals surface area (Å²) >= 11 is 0. The third-order valence-corrected chi connectivity index (χ3v) is 3.65. The maximum Gasteiger partial charge on any atom is 0.257 e. The zero-order valence-corrected chi connectivity index (χ0v) is 11.0. The first kappa shape index (κ1) is 11.5. The molecule has 0 radical (unpaired) electrons. The quantitative estimate of drug-likeness (QED) is 0.612. The number of fused-ring (bicyclic) bond motifs is 3. The van der Waals surface area contributed by atoms with Crippen molar-refractivity contribution < 1.29 is 0 Å². The average molecular weight is 251 g/mol. The summed E-state index contributed by atoms with van der Waals surface area (Å²) in [6.45, 7) is 12.9. The van der Waals surface area contributed by atoms with E-state index in [-0.39, 0.29) is 5.56 Å². The fourth-order valence-corrected chi connectivity index (χ4v) is 2.45. The Morgan fingerprint density at radius 2 is 1.95 bits per heavy atom. The number of pyridine rings is 1. The molecule has 3 aromatic rings. The lowest BCUT2D eigenvalue weighted by molar-refractivity contribution is 1.10. The van der Waals surface area contributed by atoms with Crippen LogP contribution in [0.2, 0.25) is 0 Å². The van der Waals surface area contributed by atoms with E-state index in [1.165, 1.54) is 0 Å². The molecule has 0 fully saturated rings. The third kappa shape index (κ3) is 1.42. The minimum absolute atomic E-state index is 0.0602. The van der Waals surface area contributed by atoms with Crippen LogP contribution in [0.4, 0.5) is 5.69 Å². The Bertz CT molecular complexity index is 923. The molecule has 1 N–H and O–H groups in total. The molecule has 3 rings (SSSR count). The average Bonchev–Trinajstić information content (AvgIpc) is 2.75. The number of nitrogens with one attached hydrogen (secondary N) is 1. The predicted molar refractivity (Wildman–Crippen MR) is 76.0 cm³/mol. The summed E-state index contributed by atoms with van der Waals surface area (Å²) in [5.74, 6) is 0. The van der Waals surface area contributed by atoms with E-state index in [0.717, 1.165) is 22.2 Å². The summed E-state index contributed by atoms with van der Waals surface area (Å²) in [7, 11) is 0. The number of H-pyrrole nitrogens is 1. The lowest BCUT2D eigenvalue weighted by Crippen LogP contribution is -2.16. The van der Waals surface area contributed by atoms with E-state index in [1.807, 2.05) is 32.0 Å². The van der Waals surface area contributed by atoms with Gasteiger partial charge in [-0.2, -0.15) is 0 Å². The van der Waals surface area contributed by atoms with Gasteiger partial charge in [0.25, 0.3) is 5.56 Å². The zero-order chi connectivity index (χ0) is 13.7. The normalized spacial score (nSPS) is 11.1. The first-order valence-corrected chi connectivity index (χ1v) is 6.06. The molecular weight excluding hydrogens is 238 g/mol. The van der Waals surface area contributed by atoms with Crippen LogP contribution in [-0.4, -0.2) is 9.38 Å². The minimum Gasteiger partial charge on any atom is -0.349 e. The van der Waals surface area contributed by atoms with Crippen molar-refractivity contribution in [3.8, 4) is 0 Å². The molecule has 0 saturated heterocycles. The van der Waals surface area contributed by atoms with Crippen LogP contribution in [0, 0.1) is 27.3 Å². The Hall–Kier alpha value is -2.54. The van der Waals surface area contributed by atoms with Crippen molar-refractivity contribution in [2.24, 2.45) is 0 Å². The van der Waals surface area contributed by atoms with Crippen LogP contribution in [0.5, 0.6) is 0 Å². The first-order chi connectivity index (χ1) is 9.04. The Kier molecular flexibility index (Phi) is 2.26. The second-order valence-corrected chi connectivity index (χ2v) is 4.85. The van der Waals surface area contributed by atoms with Crippen molar-refractivity contribution in [1.82, 2.24) is 9.38 Å². The predicted octanol–water partition coefficient (Wildman–Crippen LogP) is 3.26. The Balaban J connectivity index is 2.69. The second kappa shape index (κ2) is 3.72. The number of nitrogens with zero attached hydrogens (tertiary/aromatic N) is 2. The van der Waals surface area contributed by atoms with Gasteiger partial charge < -0.3 is 4.98 Å². The maximum absolute atomic E-state index is 12.4. The number of aromatic nitrogens is 2. The molecule has 19 heavy (non-hydrogen) atoms. The monoisotopic (exact) mass is 251 g/mol. The number of imidazole rings is 1. The summed E-state index contributed by atoms with van der Waals surface area (Å²) in [4.78, 5) is 19.2. The van der Waals surface area contributed by atoms with Crippen LogP contribution in [0.1, 0.15) is 16.7 Å². The van der Waals surface area contributed by atoms with Gasteiger partial charge in [0.2, 0.25) is 5.69 Å². The third-order valence-electron chi connectivity index (χ3n) is 3.65. The summed E-state index contributed by atoms with van der Waals surface area (Å²) < 4.78 is 1.60. The van der Waals surface area contributed by atoms with Gasteiger partial charge in [-0.05, 0) is 44.0 Å². The fraction of sp³-hybridized carbons (Fsp3) is 0.200. The number of hydrogen-bond donors (Lipinski definition) is 1. The molecule has 4 heteroatoms. The number of benzene rings is 1. The molecule has 1 aromatic carbocycles. The molecule has 0 aliphatic rings. The number of aromatic amines is 1. The second-order valence-electron chi connectivity index (χ2n) is 4.85. The Labute approximate surface area is 110 Å². The summed E-state index contributed by atoms with van der Waals surface area (Å²) in [5.41, 5.74) is 5.24. The van der Waals surface area contributed by atoms with E-state index in [4.69, 9.17) is 6.57 Å². The molecule has 0 saturated carbocycles. The van der Waals surface area contributed by atoms with Crippen LogP contribution < -0.4 is 5.56 Å². The van der Waals surface area contributed by atoms with Crippen molar-refractivity contribution in [3.63, 3.8) is 0 Å². The number of hydrogen-bond acceptors (Lipinski definition) is 1. The van der Waals surface area contributed by atoms with E-state index in [1.54, 1.807) is 11.3 Å². The fourth-order valence-electron chi connectivity index (χ4n) is 2.45. The molecule has 94 valence electrons. The summed E-state index contributed by atoms with van der Waals surface area (Å²) in [5, 5.41) is 0. The smallest absolute Gasteiger partial charge is 0.257 e. The van der Waals surface area contributed by atoms with Gasteiger partial charge in [-0.15, -0.1) is 0 Å². The number of rotatable bonds is 0. The van der Waals surface area contributed by atoms with Gasteiger partial charge >= 0.3 is 0 Å². The molecule has 0 bridgehead atoms. The molecule has 0 amide bonds. The van der Waals surface area contributed by atoms with Gasteiger partial charge in [0, 0.05) is 5.56 Å². The maximum atomic E-state index is 12.4. The topological polar surface area (TPSA) is 41.6 Å². The van der Waals surface area contributed by atoms with E-state index in [2.05, 4.69) is 9.83 Å². The summed E-state index contributed by atoms with van der Waals surface area (Å²) in [6, 6.07) is 5.87. The SMILES string of the molecule is [C-]#[N+]c1c(C)c(C)c(=O)n2c1[nH]c1cc(C)ccc12. The standard InChI is InChI=1S/C15H13N3O/c1-8-5-6-12-11(7-8)17-14-13(16-4)9(2)10(3)15(19)18(12)14/h5-7,17H,1-3H3. The van der Waals surface area contributed by atoms with Gasteiger partial charge in [0.1, 0.15) is 5.65 Å². The largest absolute Gasteiger partial charge is 0.349 e. The van der Waals surface area contributed by atoms with Gasteiger partial charge in [0.15, 0.2) is 0 Å². The zero-order valence-electron chi connectivity index (χ0n) is 11.0. The molecule has 0 atom stereocenters. The lowest BCUT2D eigenvalue weighted by atomic mass is 10.1. The molecule has 0 aliphatic heterocycles. The van der Waals surface area contributed by atoms with Crippen LogP contribution >= 0.6 is 0 Å². The van der Waals surface area contributed by atoms with Crippen molar-refractivity contribution in [2.45, 2.75) is 20.8 Å². The van der Waals surface area contributed by atoms with Crippen molar-refractivity contribution in [2.75, 3.05) is 0 Å². The van der Waals surface area contributed by atoms with Crippen LogP contribution in [0.25, 0.3) is 21.5 Å². The Morgan fingerprint density at radius 1 is 1.21 bits per heavy atom. The van der Waals surface area contributed by atoms with Crippen LogP contribution in [0.15, 0.2) is 23.0 Å². The molecule has 2 heterocycles. The lowest BCUT2D eigenvalue weighted by Gasteiger charge is -2.04. The van der Waals surface area contributed by atoms with E-state index < -0.39 is 0 Å². The van der Waals surface area contributed by atoms with E-state index in [9.17, 15) is 4.79 Å². The van der Waals surface area contributed by atoms with Gasteiger partial charge in [-0.3, -0.25) is 9.20 Å². The molecule has 0 unspecified atom stereocenters. The van der Waals surface area contributed by atoms with E-state index >= 15 is 0 Å². The highest BCUT2D eigenvalue weighted by Gasteiger charge is 2.15. The van der Waals surface area contributed by atoms with Crippen molar-refractivity contribution in [3.05, 3.63) is 56.7 Å². The van der Waals surface area contributed by atoms with Gasteiger partial charge in [-0.1, -0.05) is 6.07 Å². The highest BCUT2D eigenvalue weighted by Crippen LogP contribution is 2.28. The van der Waals surface area contributed by atoms with Crippen LogP contribution in [-0.2, 0) is 0 Å². The highest BCUT2D eigenvalue weighted by atomic mass is 16.1. The number of aryl methyl sites for hydroxylation is 1. The Morgan fingerprint density at radius 3 is 2.63 bits per heavy atom. The van der Waals surface area contributed by atoms with E-state index in [0.29, 0.717) is 16.9 Å². The van der Waals surface area contributed by atoms with Gasteiger partial charge in [-0.25, -0.2) is 4.85 Å². The van der Waals surface area contributed by atoms with Crippen molar-refractivity contribution in [1.29, 1.82) is 0 Å².